The van der Waals surface area contributed by atoms with Crippen LogP contribution in [0.5, 0.6) is 0 Å². The van der Waals surface area contributed by atoms with Crippen molar-refractivity contribution in [3.63, 3.8) is 0 Å². The van der Waals surface area contributed by atoms with Gasteiger partial charge in [0.1, 0.15) is 12.4 Å². The Bertz CT molecular complexity index is 1040. The maximum Gasteiger partial charge on any atom is 0.338 e. The van der Waals surface area contributed by atoms with E-state index in [0.29, 0.717) is 27.8 Å². The van der Waals surface area contributed by atoms with Crippen LogP contribution in [0.25, 0.3) is 0 Å². The molecule has 2 N–H and O–H groups in total. The molecular weight excluding hydrogens is 433 g/mol. The molecule has 168 valence electrons. The van der Waals surface area contributed by atoms with Gasteiger partial charge in [-0.25, -0.2) is 9.18 Å². The van der Waals surface area contributed by atoms with Crippen molar-refractivity contribution < 1.29 is 23.5 Å². The maximum atomic E-state index is 13.4. The summed E-state index contributed by atoms with van der Waals surface area (Å²) in [5.74, 6) is -1.07. The lowest BCUT2D eigenvalue weighted by Crippen LogP contribution is -2.48. The lowest BCUT2D eigenvalue weighted by Gasteiger charge is -2.37. The Kier molecular flexibility index (Phi) is 7.55. The highest BCUT2D eigenvalue weighted by Gasteiger charge is 2.35. The highest BCUT2D eigenvalue weighted by atomic mass is 32.1. The monoisotopic (exact) mass is 457 g/mol. The highest BCUT2D eigenvalue weighted by molar-refractivity contribution is 7.80. The van der Waals surface area contributed by atoms with E-state index in [-0.39, 0.29) is 24.9 Å². The van der Waals surface area contributed by atoms with Gasteiger partial charge in [-0.1, -0.05) is 12.1 Å². The summed E-state index contributed by atoms with van der Waals surface area (Å²) in [6, 6.07) is 12.4. The number of carbonyl (C=O) groups is 2. The molecule has 1 aliphatic heterocycles. The van der Waals surface area contributed by atoms with Gasteiger partial charge in [-0.15, -0.1) is 0 Å². The summed E-state index contributed by atoms with van der Waals surface area (Å²) in [6.45, 7) is 3.56. The van der Waals surface area contributed by atoms with Gasteiger partial charge in [-0.05, 0) is 61.1 Å². The molecule has 0 fully saturated rings. The SMILES string of the molecule is COCCOC(=O)C1=C(C)N(c2ccc(F)cc2)C(=S)NC1c1ccc(NC(C)=O)cc1. The van der Waals surface area contributed by atoms with Crippen LogP contribution in [-0.4, -0.2) is 37.3 Å². The number of halogens is 1. The van der Waals surface area contributed by atoms with Crippen LogP contribution < -0.4 is 15.5 Å². The van der Waals surface area contributed by atoms with E-state index >= 15 is 0 Å². The molecule has 0 bridgehead atoms. The molecule has 0 aromatic heterocycles. The zero-order valence-electron chi connectivity index (χ0n) is 18.0. The number of nitrogens with zero attached hydrogens (tertiary/aromatic N) is 1. The predicted octanol–water partition coefficient (Wildman–Crippen LogP) is 3.68. The molecule has 2 aromatic carbocycles. The first-order chi connectivity index (χ1) is 15.3. The Morgan fingerprint density at radius 3 is 2.38 bits per heavy atom. The molecule has 0 spiro atoms. The highest BCUT2D eigenvalue weighted by Crippen LogP contribution is 2.34. The second kappa shape index (κ2) is 10.3. The van der Waals surface area contributed by atoms with Crippen molar-refractivity contribution >= 4 is 40.6 Å². The molecule has 1 aliphatic rings. The average molecular weight is 458 g/mol. The van der Waals surface area contributed by atoms with E-state index < -0.39 is 12.0 Å². The van der Waals surface area contributed by atoms with E-state index in [9.17, 15) is 14.0 Å². The van der Waals surface area contributed by atoms with Crippen LogP contribution in [0.4, 0.5) is 15.8 Å². The van der Waals surface area contributed by atoms with Crippen molar-refractivity contribution in [2.75, 3.05) is 30.5 Å². The minimum Gasteiger partial charge on any atom is -0.460 e. The second-order valence-corrected chi connectivity index (χ2v) is 7.51. The third kappa shape index (κ3) is 5.30. The Morgan fingerprint density at radius 1 is 1.12 bits per heavy atom. The molecule has 1 atom stereocenters. The number of hydrogen-bond acceptors (Lipinski definition) is 5. The number of methoxy groups -OCH3 is 1. The van der Waals surface area contributed by atoms with E-state index in [1.165, 1.54) is 26.2 Å². The summed E-state index contributed by atoms with van der Waals surface area (Å²) in [5, 5.41) is 6.27. The Labute approximate surface area is 191 Å². The fraction of sp³-hybridized carbons (Fsp3) is 0.261. The van der Waals surface area contributed by atoms with Crippen molar-refractivity contribution in [1.29, 1.82) is 0 Å². The van der Waals surface area contributed by atoms with Gasteiger partial charge >= 0.3 is 5.97 Å². The van der Waals surface area contributed by atoms with Gasteiger partial charge in [0.25, 0.3) is 0 Å². The lowest BCUT2D eigenvalue weighted by molar-refractivity contribution is -0.140. The molecule has 0 saturated heterocycles. The standard InChI is InChI=1S/C23H24FN3O4S/c1-14-20(22(29)31-13-12-30-3)21(16-4-8-18(9-5-16)25-15(2)28)26-23(32)27(14)19-10-6-17(24)7-11-19/h4-11,21H,12-13H2,1-3H3,(H,25,28)(H,26,32). The fourth-order valence-corrected chi connectivity index (χ4v) is 3.78. The average Bonchev–Trinajstić information content (AvgIpc) is 2.75. The summed E-state index contributed by atoms with van der Waals surface area (Å²) in [5.41, 5.74) is 2.95. The largest absolute Gasteiger partial charge is 0.460 e. The zero-order chi connectivity index (χ0) is 23.3. The van der Waals surface area contributed by atoms with Gasteiger partial charge in [0.15, 0.2) is 5.11 Å². The number of nitrogens with one attached hydrogen (secondary N) is 2. The fourth-order valence-electron chi connectivity index (χ4n) is 3.42. The van der Waals surface area contributed by atoms with Crippen molar-refractivity contribution in [2.24, 2.45) is 0 Å². The first-order valence-electron chi connectivity index (χ1n) is 9.92. The van der Waals surface area contributed by atoms with Crippen LogP contribution in [0, 0.1) is 5.82 Å². The zero-order valence-corrected chi connectivity index (χ0v) is 18.8. The third-order valence-corrected chi connectivity index (χ3v) is 5.17. The number of esters is 1. The molecule has 3 rings (SSSR count). The van der Waals surface area contributed by atoms with E-state index in [4.69, 9.17) is 21.7 Å². The molecule has 0 radical (unpaired) electrons. The summed E-state index contributed by atoms with van der Waals surface area (Å²) in [4.78, 5) is 26.0. The number of amides is 1. The topological polar surface area (TPSA) is 79.9 Å². The predicted molar refractivity (Wildman–Crippen MR) is 124 cm³/mol. The van der Waals surface area contributed by atoms with Crippen LogP contribution in [0.2, 0.25) is 0 Å². The Hall–Kier alpha value is -3.30. The molecule has 9 heteroatoms. The Morgan fingerprint density at radius 2 is 1.78 bits per heavy atom. The minimum absolute atomic E-state index is 0.0985. The van der Waals surface area contributed by atoms with E-state index in [2.05, 4.69) is 10.6 Å². The molecule has 0 saturated carbocycles. The van der Waals surface area contributed by atoms with Crippen LogP contribution in [0.3, 0.4) is 0 Å². The second-order valence-electron chi connectivity index (χ2n) is 7.13. The number of hydrogen-bond donors (Lipinski definition) is 2. The van der Waals surface area contributed by atoms with Crippen LogP contribution in [0.1, 0.15) is 25.5 Å². The smallest absolute Gasteiger partial charge is 0.338 e. The molecule has 1 unspecified atom stereocenters. The lowest BCUT2D eigenvalue weighted by atomic mass is 9.94. The number of thiocarbonyl (C=S) groups is 1. The van der Waals surface area contributed by atoms with E-state index in [0.717, 1.165) is 5.56 Å². The number of allylic oxidation sites excluding steroid dienone is 1. The van der Waals surface area contributed by atoms with Crippen molar-refractivity contribution in [3.05, 3.63) is 71.2 Å². The molecular formula is C23H24FN3O4S. The van der Waals surface area contributed by atoms with Gasteiger partial charge in [0.2, 0.25) is 5.91 Å². The van der Waals surface area contributed by atoms with E-state index in [1.807, 2.05) is 0 Å². The summed E-state index contributed by atoms with van der Waals surface area (Å²) >= 11 is 5.58. The number of ether oxygens (including phenoxy) is 2. The molecule has 2 aromatic rings. The first kappa shape index (κ1) is 23.4. The van der Waals surface area contributed by atoms with Gasteiger partial charge in [-0.2, -0.15) is 0 Å². The van der Waals surface area contributed by atoms with Gasteiger partial charge in [-0.3, -0.25) is 9.69 Å². The molecule has 1 heterocycles. The summed E-state index contributed by atoms with van der Waals surface area (Å²) < 4.78 is 23.8. The quantitative estimate of drug-likeness (QED) is 0.373. The number of carbonyl (C=O) groups excluding carboxylic acids is 2. The van der Waals surface area contributed by atoms with Gasteiger partial charge < -0.3 is 20.1 Å². The van der Waals surface area contributed by atoms with Crippen LogP contribution >= 0.6 is 12.2 Å². The van der Waals surface area contributed by atoms with Gasteiger partial charge in [0.05, 0.1) is 18.2 Å². The molecule has 1 amide bonds. The maximum absolute atomic E-state index is 13.4. The summed E-state index contributed by atoms with van der Waals surface area (Å²) in [7, 11) is 1.52. The summed E-state index contributed by atoms with van der Waals surface area (Å²) in [6.07, 6.45) is 0. The first-order valence-corrected chi connectivity index (χ1v) is 10.3. The third-order valence-electron chi connectivity index (χ3n) is 4.87. The van der Waals surface area contributed by atoms with Crippen LogP contribution in [0.15, 0.2) is 59.8 Å². The number of rotatable bonds is 7. The van der Waals surface area contributed by atoms with E-state index in [1.54, 1.807) is 48.2 Å². The van der Waals surface area contributed by atoms with Crippen molar-refractivity contribution in [3.8, 4) is 0 Å². The molecule has 32 heavy (non-hydrogen) atoms. The van der Waals surface area contributed by atoms with Crippen LogP contribution in [-0.2, 0) is 19.1 Å². The Balaban J connectivity index is 2.01. The minimum atomic E-state index is -0.569. The normalized spacial score (nSPS) is 15.9. The van der Waals surface area contributed by atoms with Crippen molar-refractivity contribution in [2.45, 2.75) is 19.9 Å². The van der Waals surface area contributed by atoms with Crippen molar-refractivity contribution in [1.82, 2.24) is 5.32 Å². The van der Waals surface area contributed by atoms with Gasteiger partial charge in [0, 0.05) is 31.1 Å². The number of anilines is 2. The number of benzene rings is 2. The molecule has 0 aliphatic carbocycles. The molecule has 7 nitrogen and oxygen atoms in total.